The number of ether oxygens (including phenoxy) is 1. The van der Waals surface area contributed by atoms with Gasteiger partial charge < -0.3 is 19.7 Å². The van der Waals surface area contributed by atoms with E-state index in [-0.39, 0.29) is 23.8 Å². The van der Waals surface area contributed by atoms with Gasteiger partial charge in [-0.15, -0.1) is 0 Å². The summed E-state index contributed by atoms with van der Waals surface area (Å²) in [5, 5.41) is 10.8. The van der Waals surface area contributed by atoms with E-state index in [4.69, 9.17) is 4.74 Å². The van der Waals surface area contributed by atoms with Crippen LogP contribution in [0, 0.1) is 11.3 Å². The summed E-state index contributed by atoms with van der Waals surface area (Å²) in [6, 6.07) is 8.06. The molecular weight excluding hydrogens is 344 g/mol. The third kappa shape index (κ3) is 2.92. The maximum atomic E-state index is 13.1. The molecule has 1 amide bonds. The van der Waals surface area contributed by atoms with E-state index in [1.165, 1.54) is 5.56 Å². The Bertz CT molecular complexity index is 911. The highest BCUT2D eigenvalue weighted by molar-refractivity contribution is 5.98. The largest absolute Gasteiger partial charge is 0.481 e. The van der Waals surface area contributed by atoms with Gasteiger partial charge in [-0.1, -0.05) is 32.9 Å². The van der Waals surface area contributed by atoms with Crippen LogP contribution in [0.15, 0.2) is 24.3 Å². The van der Waals surface area contributed by atoms with Gasteiger partial charge in [-0.25, -0.2) is 0 Å². The lowest BCUT2D eigenvalue weighted by molar-refractivity contribution is -0.157. The van der Waals surface area contributed by atoms with E-state index in [9.17, 15) is 14.7 Å². The van der Waals surface area contributed by atoms with Gasteiger partial charge in [-0.3, -0.25) is 9.59 Å². The Labute approximate surface area is 158 Å². The van der Waals surface area contributed by atoms with Crippen LogP contribution >= 0.6 is 0 Å². The fraction of sp³-hybridized carbons (Fsp3) is 0.524. The molecule has 2 atom stereocenters. The predicted octanol–water partition coefficient (Wildman–Crippen LogP) is 3.03. The van der Waals surface area contributed by atoms with Crippen LogP contribution in [-0.4, -0.2) is 53.2 Å². The van der Waals surface area contributed by atoms with Gasteiger partial charge in [0.25, 0.3) is 5.91 Å². The van der Waals surface area contributed by atoms with E-state index in [1.54, 1.807) is 4.90 Å². The Morgan fingerprint density at radius 3 is 2.74 bits per heavy atom. The second kappa shape index (κ2) is 6.09. The molecule has 1 aromatic carbocycles. The SMILES string of the molecule is CC(C)(C)c1ccc2cc(C(=O)N3C[C@H]4COCC[C@@]4(C(=O)O)C3)[nH]c2c1. The van der Waals surface area contributed by atoms with Crippen molar-refractivity contribution in [2.45, 2.75) is 32.6 Å². The van der Waals surface area contributed by atoms with Crippen LogP contribution in [0.25, 0.3) is 10.9 Å². The van der Waals surface area contributed by atoms with Crippen molar-refractivity contribution in [3.8, 4) is 0 Å². The van der Waals surface area contributed by atoms with E-state index >= 15 is 0 Å². The fourth-order valence-electron chi connectivity index (χ4n) is 4.33. The fourth-order valence-corrected chi connectivity index (χ4v) is 4.33. The first-order chi connectivity index (χ1) is 12.7. The average Bonchev–Trinajstić information content (AvgIpc) is 3.21. The third-order valence-corrected chi connectivity index (χ3v) is 6.14. The molecule has 0 bridgehead atoms. The number of rotatable bonds is 2. The zero-order valence-corrected chi connectivity index (χ0v) is 16.0. The zero-order valence-electron chi connectivity index (χ0n) is 16.0. The molecule has 2 aliphatic rings. The molecule has 2 saturated heterocycles. The maximum absolute atomic E-state index is 13.1. The van der Waals surface area contributed by atoms with Gasteiger partial charge >= 0.3 is 5.97 Å². The number of carboxylic acid groups (broad SMARTS) is 1. The van der Waals surface area contributed by atoms with Crippen LogP contribution < -0.4 is 0 Å². The van der Waals surface area contributed by atoms with Crippen molar-refractivity contribution in [3.05, 3.63) is 35.5 Å². The molecule has 2 N–H and O–H groups in total. The summed E-state index contributed by atoms with van der Waals surface area (Å²) >= 11 is 0. The number of carbonyl (C=O) groups excluding carboxylic acids is 1. The van der Waals surface area contributed by atoms with Crippen LogP contribution in [0.4, 0.5) is 0 Å². The smallest absolute Gasteiger partial charge is 0.311 e. The number of fused-ring (bicyclic) bond motifs is 2. The second-order valence-electron chi connectivity index (χ2n) is 8.90. The van der Waals surface area contributed by atoms with Crippen molar-refractivity contribution < 1.29 is 19.4 Å². The predicted molar refractivity (Wildman–Crippen MR) is 102 cm³/mol. The minimum atomic E-state index is -0.876. The zero-order chi connectivity index (χ0) is 19.4. The van der Waals surface area contributed by atoms with Gasteiger partial charge in [0.2, 0.25) is 0 Å². The molecule has 3 heterocycles. The molecule has 6 nitrogen and oxygen atoms in total. The van der Waals surface area contributed by atoms with Gasteiger partial charge in [0, 0.05) is 36.5 Å². The van der Waals surface area contributed by atoms with E-state index in [1.807, 2.05) is 12.1 Å². The molecule has 1 aromatic heterocycles. The highest BCUT2D eigenvalue weighted by atomic mass is 16.5. The molecule has 0 spiro atoms. The molecule has 4 rings (SSSR count). The van der Waals surface area contributed by atoms with Gasteiger partial charge in [-0.2, -0.15) is 0 Å². The Morgan fingerprint density at radius 2 is 2.07 bits per heavy atom. The number of carbonyl (C=O) groups is 2. The lowest BCUT2D eigenvalue weighted by Gasteiger charge is -2.33. The van der Waals surface area contributed by atoms with Crippen molar-refractivity contribution in [3.63, 3.8) is 0 Å². The minimum Gasteiger partial charge on any atom is -0.481 e. The number of nitrogens with one attached hydrogen (secondary N) is 1. The summed E-state index contributed by atoms with van der Waals surface area (Å²) in [6.45, 7) is 7.98. The van der Waals surface area contributed by atoms with Gasteiger partial charge in [0.05, 0.1) is 12.0 Å². The maximum Gasteiger partial charge on any atom is 0.311 e. The summed E-state index contributed by atoms with van der Waals surface area (Å²) in [5.41, 5.74) is 1.79. The number of likely N-dealkylation sites (tertiary alicyclic amines) is 1. The topological polar surface area (TPSA) is 82.6 Å². The quantitative estimate of drug-likeness (QED) is 0.851. The van der Waals surface area contributed by atoms with Crippen molar-refractivity contribution in [2.24, 2.45) is 11.3 Å². The molecular formula is C21H26N2O4. The highest BCUT2D eigenvalue weighted by Crippen LogP contribution is 2.43. The normalized spacial score (nSPS) is 25.6. The average molecular weight is 370 g/mol. The lowest BCUT2D eigenvalue weighted by Crippen LogP contribution is -2.45. The molecule has 0 unspecified atom stereocenters. The summed E-state index contributed by atoms with van der Waals surface area (Å²) in [6.07, 6.45) is 0.457. The van der Waals surface area contributed by atoms with Crippen molar-refractivity contribution in [2.75, 3.05) is 26.3 Å². The number of aromatic nitrogens is 1. The van der Waals surface area contributed by atoms with Gasteiger partial charge in [0.1, 0.15) is 5.69 Å². The van der Waals surface area contributed by atoms with Crippen LogP contribution in [0.5, 0.6) is 0 Å². The number of H-pyrrole nitrogens is 1. The van der Waals surface area contributed by atoms with E-state index in [2.05, 4.69) is 37.9 Å². The molecule has 0 aliphatic carbocycles. The summed E-state index contributed by atoms with van der Waals surface area (Å²) < 4.78 is 5.48. The van der Waals surface area contributed by atoms with Crippen LogP contribution in [0.1, 0.15) is 43.2 Å². The molecule has 2 aliphatic heterocycles. The molecule has 0 saturated carbocycles. The van der Waals surface area contributed by atoms with Crippen LogP contribution in [-0.2, 0) is 14.9 Å². The molecule has 0 radical (unpaired) electrons. The standard InChI is InChI=1S/C21H26N2O4/c1-20(2,3)14-5-4-13-8-17(22-16(13)9-14)18(24)23-10-15-11-27-7-6-21(15,12-23)19(25)26/h4-5,8-9,15,22H,6-7,10-12H2,1-3H3,(H,25,26)/t15-,21+/m0/s1. The monoisotopic (exact) mass is 370 g/mol. The first kappa shape index (κ1) is 18.0. The number of carboxylic acids is 1. The summed E-state index contributed by atoms with van der Waals surface area (Å²) in [7, 11) is 0. The Kier molecular flexibility index (Phi) is 4.07. The van der Waals surface area contributed by atoms with Crippen LogP contribution in [0.3, 0.4) is 0 Å². The number of benzene rings is 1. The molecule has 2 aromatic rings. The molecule has 6 heteroatoms. The number of hydrogen-bond donors (Lipinski definition) is 2. The number of amides is 1. The first-order valence-electron chi connectivity index (χ1n) is 9.44. The number of nitrogens with zero attached hydrogens (tertiary/aromatic N) is 1. The van der Waals surface area contributed by atoms with E-state index < -0.39 is 11.4 Å². The lowest BCUT2D eigenvalue weighted by atomic mass is 9.74. The van der Waals surface area contributed by atoms with Gasteiger partial charge in [0.15, 0.2) is 0 Å². The summed E-state index contributed by atoms with van der Waals surface area (Å²) in [4.78, 5) is 29.9. The number of hydrogen-bond acceptors (Lipinski definition) is 3. The highest BCUT2D eigenvalue weighted by Gasteiger charge is 2.55. The van der Waals surface area contributed by atoms with Gasteiger partial charge in [-0.05, 0) is 29.5 Å². The minimum absolute atomic E-state index is 0.0298. The van der Waals surface area contributed by atoms with Crippen LogP contribution in [0.2, 0.25) is 0 Å². The van der Waals surface area contributed by atoms with E-state index in [0.717, 1.165) is 10.9 Å². The van der Waals surface area contributed by atoms with Crippen molar-refractivity contribution in [1.29, 1.82) is 0 Å². The second-order valence-corrected chi connectivity index (χ2v) is 8.90. The Balaban J connectivity index is 1.62. The summed E-state index contributed by atoms with van der Waals surface area (Å²) in [5.74, 6) is -1.11. The first-order valence-corrected chi connectivity index (χ1v) is 9.44. The third-order valence-electron chi connectivity index (χ3n) is 6.14. The molecule has 27 heavy (non-hydrogen) atoms. The van der Waals surface area contributed by atoms with E-state index in [0.29, 0.717) is 31.9 Å². The van der Waals surface area contributed by atoms with Crippen molar-refractivity contribution in [1.82, 2.24) is 9.88 Å². The molecule has 2 fully saturated rings. The molecule has 144 valence electrons. The Hall–Kier alpha value is -2.34. The number of aliphatic carboxylic acids is 1. The Morgan fingerprint density at radius 1 is 1.30 bits per heavy atom. The number of aromatic amines is 1. The van der Waals surface area contributed by atoms with Crippen molar-refractivity contribution >= 4 is 22.8 Å².